The van der Waals surface area contributed by atoms with E-state index in [9.17, 15) is 4.79 Å². The Morgan fingerprint density at radius 2 is 2.05 bits per heavy atom. The molecule has 0 spiro atoms. The number of morpholine rings is 1. The Bertz CT molecular complexity index is 1400. The topological polar surface area (TPSA) is 69.1 Å². The lowest BCUT2D eigenvalue weighted by Gasteiger charge is -2.44. The maximum atomic E-state index is 11.7. The maximum Gasteiger partial charge on any atom is 0.302 e. The molecule has 5 rings (SSSR count). The molecular weight excluding hydrogens is 584 g/mol. The molecular formula is C32H43BrN4O4. The second-order valence-electron chi connectivity index (χ2n) is 12.1. The van der Waals surface area contributed by atoms with Crippen LogP contribution in [0.5, 0.6) is 0 Å². The molecule has 2 fully saturated rings. The highest BCUT2D eigenvalue weighted by Crippen LogP contribution is 2.42. The van der Waals surface area contributed by atoms with Gasteiger partial charge in [-0.2, -0.15) is 0 Å². The number of piperazine rings is 1. The first-order valence-corrected chi connectivity index (χ1v) is 15.4. The van der Waals surface area contributed by atoms with Gasteiger partial charge in [0.2, 0.25) is 0 Å². The van der Waals surface area contributed by atoms with Crippen molar-refractivity contribution in [3.05, 3.63) is 46.2 Å². The van der Waals surface area contributed by atoms with Gasteiger partial charge in [0.1, 0.15) is 0 Å². The van der Waals surface area contributed by atoms with Crippen LogP contribution >= 0.6 is 15.9 Å². The Kier molecular flexibility index (Phi) is 9.09. The molecule has 0 unspecified atom stereocenters. The zero-order chi connectivity index (χ0) is 29.3. The minimum Gasteiger partial charge on any atom is -0.465 e. The number of aryl methyl sites for hydroxylation is 1. The number of halogens is 1. The van der Waals surface area contributed by atoms with E-state index in [2.05, 4.69) is 82.3 Å². The van der Waals surface area contributed by atoms with E-state index in [-0.39, 0.29) is 17.5 Å². The Hall–Kier alpha value is -2.46. The maximum absolute atomic E-state index is 11.7. The standard InChI is InChI=1S/C32H43BrN4O4/c1-7-37-29-9-8-23(33)14-26(29)28(16-32(4,5)20-41-22(3)38)31(37)27-15-24(17-34-30(27)21(2)39-6)36-11-10-35-12-13-40-19-25(35)18-36/h8-9,14-15,17,21,25H,7,10-13,16,18-20H2,1-6H3/t21-,25-/m0/s1. The third-order valence-electron chi connectivity index (χ3n) is 8.47. The molecule has 1 aromatic carbocycles. The van der Waals surface area contributed by atoms with Gasteiger partial charge < -0.3 is 23.7 Å². The minimum atomic E-state index is -0.273. The van der Waals surface area contributed by atoms with Gasteiger partial charge in [-0.05, 0) is 50.1 Å². The van der Waals surface area contributed by atoms with Crippen molar-refractivity contribution in [1.29, 1.82) is 0 Å². The molecule has 0 amide bonds. The van der Waals surface area contributed by atoms with Crippen molar-refractivity contribution in [2.45, 2.75) is 59.7 Å². The number of aromatic nitrogens is 2. The average molecular weight is 628 g/mol. The highest BCUT2D eigenvalue weighted by Gasteiger charge is 2.32. The minimum absolute atomic E-state index is 0.181. The zero-order valence-electron chi connectivity index (χ0n) is 25.2. The van der Waals surface area contributed by atoms with Crippen LogP contribution in [-0.4, -0.2) is 79.6 Å². The van der Waals surface area contributed by atoms with Crippen LogP contribution in [0.2, 0.25) is 0 Å². The summed E-state index contributed by atoms with van der Waals surface area (Å²) >= 11 is 3.72. The van der Waals surface area contributed by atoms with Crippen molar-refractivity contribution >= 4 is 38.5 Å². The molecule has 0 saturated carbocycles. The molecule has 4 heterocycles. The number of ether oxygens (including phenoxy) is 3. The van der Waals surface area contributed by atoms with Gasteiger partial charge in [0.25, 0.3) is 0 Å². The molecule has 0 aliphatic carbocycles. The van der Waals surface area contributed by atoms with E-state index in [0.29, 0.717) is 12.6 Å². The summed E-state index contributed by atoms with van der Waals surface area (Å²) in [5.41, 5.74) is 6.43. The number of rotatable bonds is 9. The molecule has 0 N–H and O–H groups in total. The Morgan fingerprint density at radius 1 is 1.24 bits per heavy atom. The van der Waals surface area contributed by atoms with Crippen molar-refractivity contribution in [1.82, 2.24) is 14.5 Å². The second kappa shape index (κ2) is 12.4. The number of methoxy groups -OCH3 is 1. The molecule has 2 aliphatic heterocycles. The third kappa shape index (κ3) is 6.33. The predicted molar refractivity (Wildman–Crippen MR) is 166 cm³/mol. The second-order valence-corrected chi connectivity index (χ2v) is 13.0. The fourth-order valence-electron chi connectivity index (χ4n) is 6.28. The molecule has 0 radical (unpaired) electrons. The molecule has 222 valence electrons. The van der Waals surface area contributed by atoms with Crippen molar-refractivity contribution < 1.29 is 19.0 Å². The fraction of sp³-hybridized carbons (Fsp3) is 0.562. The summed E-state index contributed by atoms with van der Waals surface area (Å²) in [4.78, 5) is 21.8. The summed E-state index contributed by atoms with van der Waals surface area (Å²) in [6, 6.07) is 9.21. The number of carbonyl (C=O) groups is 1. The van der Waals surface area contributed by atoms with Crippen LogP contribution in [0.3, 0.4) is 0 Å². The SMILES string of the molecule is CCn1c(-c2cc(N3CCN4CCOC[C@@H]4C3)cnc2[C@H](C)OC)c(CC(C)(C)COC(C)=O)c2cc(Br)ccc21. The quantitative estimate of drug-likeness (QED) is 0.276. The number of anilines is 1. The molecule has 8 nitrogen and oxygen atoms in total. The van der Waals surface area contributed by atoms with Gasteiger partial charge >= 0.3 is 5.97 Å². The van der Waals surface area contributed by atoms with Gasteiger partial charge in [-0.3, -0.25) is 14.7 Å². The normalized spacial score (nSPS) is 18.9. The molecule has 3 aromatic rings. The summed E-state index contributed by atoms with van der Waals surface area (Å²) < 4.78 is 20.6. The van der Waals surface area contributed by atoms with Crippen LogP contribution in [0.15, 0.2) is 34.9 Å². The molecule has 2 atom stereocenters. The number of fused-ring (bicyclic) bond motifs is 2. The Labute approximate surface area is 252 Å². The van der Waals surface area contributed by atoms with Gasteiger partial charge in [-0.1, -0.05) is 29.8 Å². The van der Waals surface area contributed by atoms with Crippen LogP contribution in [-0.2, 0) is 32.0 Å². The number of hydrogen-bond acceptors (Lipinski definition) is 7. The molecule has 0 bridgehead atoms. The molecule has 2 aliphatic rings. The van der Waals surface area contributed by atoms with Crippen molar-refractivity contribution in [3.63, 3.8) is 0 Å². The van der Waals surface area contributed by atoms with Crippen LogP contribution in [0, 0.1) is 5.41 Å². The van der Waals surface area contributed by atoms with E-state index >= 15 is 0 Å². The first kappa shape index (κ1) is 30.0. The van der Waals surface area contributed by atoms with Crippen molar-refractivity contribution in [3.8, 4) is 11.3 Å². The first-order valence-electron chi connectivity index (χ1n) is 14.7. The van der Waals surface area contributed by atoms with E-state index in [4.69, 9.17) is 19.2 Å². The lowest BCUT2D eigenvalue weighted by Crippen LogP contribution is -2.58. The van der Waals surface area contributed by atoms with Crippen LogP contribution < -0.4 is 4.90 Å². The smallest absolute Gasteiger partial charge is 0.302 e. The fourth-order valence-corrected chi connectivity index (χ4v) is 6.64. The third-order valence-corrected chi connectivity index (χ3v) is 8.96. The molecule has 41 heavy (non-hydrogen) atoms. The van der Waals surface area contributed by atoms with Gasteiger partial charge in [-0.15, -0.1) is 0 Å². The van der Waals surface area contributed by atoms with Crippen LogP contribution in [0.4, 0.5) is 5.69 Å². The van der Waals surface area contributed by atoms with Gasteiger partial charge in [0, 0.05) is 73.1 Å². The monoisotopic (exact) mass is 626 g/mol. The lowest BCUT2D eigenvalue weighted by molar-refractivity contribution is -0.143. The highest BCUT2D eigenvalue weighted by molar-refractivity contribution is 9.10. The summed E-state index contributed by atoms with van der Waals surface area (Å²) in [6.07, 6.45) is 2.56. The van der Waals surface area contributed by atoms with Gasteiger partial charge in [-0.25, -0.2) is 0 Å². The van der Waals surface area contributed by atoms with Gasteiger partial charge in [0.05, 0.1) is 55.2 Å². The summed E-state index contributed by atoms with van der Waals surface area (Å²) in [5, 5.41) is 1.20. The summed E-state index contributed by atoms with van der Waals surface area (Å²) in [5.74, 6) is -0.256. The number of benzene rings is 1. The number of carbonyl (C=O) groups excluding carboxylic acids is 1. The lowest BCUT2D eigenvalue weighted by atomic mass is 9.84. The van der Waals surface area contributed by atoms with Crippen LogP contribution in [0.1, 0.15) is 52.0 Å². The van der Waals surface area contributed by atoms with Crippen molar-refractivity contribution in [2.24, 2.45) is 5.41 Å². The number of pyridine rings is 1. The van der Waals surface area contributed by atoms with Gasteiger partial charge in [0.15, 0.2) is 0 Å². The summed E-state index contributed by atoms with van der Waals surface area (Å²) in [7, 11) is 1.74. The van der Waals surface area contributed by atoms with E-state index < -0.39 is 0 Å². The molecule has 2 aromatic heterocycles. The van der Waals surface area contributed by atoms with Crippen molar-refractivity contribution in [2.75, 3.05) is 58.0 Å². The van der Waals surface area contributed by atoms with E-state index in [1.54, 1.807) is 7.11 Å². The first-order chi connectivity index (χ1) is 19.6. The van der Waals surface area contributed by atoms with E-state index in [0.717, 1.165) is 79.5 Å². The van der Waals surface area contributed by atoms with E-state index in [1.807, 2.05) is 6.20 Å². The van der Waals surface area contributed by atoms with E-state index in [1.165, 1.54) is 23.4 Å². The van der Waals surface area contributed by atoms with Crippen LogP contribution in [0.25, 0.3) is 22.2 Å². The Morgan fingerprint density at radius 3 is 2.78 bits per heavy atom. The average Bonchev–Trinajstić information content (AvgIpc) is 3.26. The number of esters is 1. The zero-order valence-corrected chi connectivity index (χ0v) is 26.8. The predicted octanol–water partition coefficient (Wildman–Crippen LogP) is 5.85. The number of nitrogens with zero attached hydrogens (tertiary/aromatic N) is 4. The number of hydrogen-bond donors (Lipinski definition) is 0. The summed E-state index contributed by atoms with van der Waals surface area (Å²) in [6.45, 7) is 16.7. The molecule has 9 heteroatoms. The highest BCUT2D eigenvalue weighted by atomic mass is 79.9. The largest absolute Gasteiger partial charge is 0.465 e. The Balaban J connectivity index is 1.67. The molecule has 2 saturated heterocycles.